The molecular weight excluding hydrogens is 520 g/mol. The summed E-state index contributed by atoms with van der Waals surface area (Å²) >= 11 is 0. The third kappa shape index (κ3) is 7.35. The molecule has 0 unspecified atom stereocenters. The van der Waals surface area contributed by atoms with Gasteiger partial charge in [-0.2, -0.15) is 0 Å². The molecule has 1 N–H and O–H groups in total. The van der Waals surface area contributed by atoms with Crippen LogP contribution < -0.4 is 9.47 Å². The zero-order valence-corrected chi connectivity index (χ0v) is 22.6. The van der Waals surface area contributed by atoms with Gasteiger partial charge in [-0.1, -0.05) is 60.7 Å². The third-order valence-corrected chi connectivity index (χ3v) is 6.16. The lowest BCUT2D eigenvalue weighted by Gasteiger charge is -2.05. The molecule has 2 heterocycles. The number of furan rings is 2. The first-order valence-electron chi connectivity index (χ1n) is 13.3. The van der Waals surface area contributed by atoms with Gasteiger partial charge in [0.2, 0.25) is 5.76 Å². The number of hydrogen-bond donors (Lipinski definition) is 1. The Morgan fingerprint density at radius 1 is 0.683 bits per heavy atom. The first-order valence-corrected chi connectivity index (χ1v) is 13.3. The van der Waals surface area contributed by atoms with Gasteiger partial charge < -0.3 is 28.2 Å². The second kappa shape index (κ2) is 13.4. The van der Waals surface area contributed by atoms with Crippen molar-refractivity contribution in [2.24, 2.45) is 0 Å². The molecule has 2 aromatic heterocycles. The molecule has 0 spiro atoms. The Morgan fingerprint density at radius 3 is 1.76 bits per heavy atom. The van der Waals surface area contributed by atoms with E-state index in [1.54, 1.807) is 19.1 Å². The lowest BCUT2D eigenvalue weighted by molar-refractivity contribution is 0.0492. The highest BCUT2D eigenvalue weighted by molar-refractivity contribution is 5.92. The maximum absolute atomic E-state index is 11.7. The molecule has 7 nitrogen and oxygen atoms in total. The van der Waals surface area contributed by atoms with Crippen LogP contribution in [0.5, 0.6) is 11.5 Å². The molecule has 6 rings (SSSR count). The van der Waals surface area contributed by atoms with Crippen LogP contribution in [0.2, 0.25) is 0 Å². The SMILES string of the molecule is CCOC(=O)c1cc2ccc(OCc3ccccc3)cc2o1.OCc1cc2ccc(OCc3ccccc3)cc2o1. The fraction of sp³-hybridized carbons (Fsp3) is 0.147. The average Bonchev–Trinajstić information content (AvgIpc) is 3.64. The largest absolute Gasteiger partial charge is 0.489 e. The van der Waals surface area contributed by atoms with Crippen molar-refractivity contribution in [3.05, 3.63) is 132 Å². The van der Waals surface area contributed by atoms with Crippen LogP contribution in [0.3, 0.4) is 0 Å². The van der Waals surface area contributed by atoms with E-state index in [-0.39, 0.29) is 12.4 Å². The normalized spacial score (nSPS) is 10.7. The van der Waals surface area contributed by atoms with Crippen LogP contribution in [0.25, 0.3) is 21.9 Å². The number of fused-ring (bicyclic) bond motifs is 2. The monoisotopic (exact) mass is 550 g/mol. The van der Waals surface area contributed by atoms with Gasteiger partial charge in [0.25, 0.3) is 0 Å². The summed E-state index contributed by atoms with van der Waals surface area (Å²) in [6.45, 7) is 3.00. The molecular formula is C34H30O7. The molecule has 41 heavy (non-hydrogen) atoms. The van der Waals surface area contributed by atoms with Crippen molar-refractivity contribution in [1.82, 2.24) is 0 Å². The average molecular weight is 551 g/mol. The van der Waals surface area contributed by atoms with E-state index in [9.17, 15) is 4.79 Å². The Bertz CT molecular complexity index is 1700. The first kappa shape index (κ1) is 27.6. The van der Waals surface area contributed by atoms with E-state index in [0.29, 0.717) is 36.9 Å². The van der Waals surface area contributed by atoms with E-state index in [4.69, 9.17) is 28.2 Å². The van der Waals surface area contributed by atoms with Crippen molar-refractivity contribution >= 4 is 27.9 Å². The van der Waals surface area contributed by atoms with Gasteiger partial charge in [-0.3, -0.25) is 0 Å². The summed E-state index contributed by atoms with van der Waals surface area (Å²) in [5.74, 6) is 1.77. The minimum atomic E-state index is -0.453. The Balaban J connectivity index is 0.000000166. The molecule has 0 bridgehead atoms. The molecule has 7 heteroatoms. The predicted octanol–water partition coefficient (Wildman–Crippen LogP) is 7.69. The van der Waals surface area contributed by atoms with E-state index < -0.39 is 5.97 Å². The second-order valence-corrected chi connectivity index (χ2v) is 9.15. The van der Waals surface area contributed by atoms with Gasteiger partial charge in [-0.05, 0) is 54.4 Å². The van der Waals surface area contributed by atoms with E-state index in [1.165, 1.54) is 0 Å². The van der Waals surface area contributed by atoms with Gasteiger partial charge in [0.1, 0.15) is 48.2 Å². The molecule has 0 aliphatic rings. The molecule has 6 aromatic rings. The van der Waals surface area contributed by atoms with Crippen LogP contribution >= 0.6 is 0 Å². The number of rotatable bonds is 9. The summed E-state index contributed by atoms with van der Waals surface area (Å²) < 4.78 is 27.4. The smallest absolute Gasteiger partial charge is 0.374 e. The minimum absolute atomic E-state index is 0.0884. The number of aliphatic hydroxyl groups excluding tert-OH is 1. The van der Waals surface area contributed by atoms with Crippen molar-refractivity contribution in [3.8, 4) is 11.5 Å². The Labute approximate surface area is 237 Å². The fourth-order valence-corrected chi connectivity index (χ4v) is 4.12. The quantitative estimate of drug-likeness (QED) is 0.185. The van der Waals surface area contributed by atoms with Crippen molar-refractivity contribution in [1.29, 1.82) is 0 Å². The van der Waals surface area contributed by atoms with Gasteiger partial charge in [0.15, 0.2) is 0 Å². The topological polar surface area (TPSA) is 91.3 Å². The Morgan fingerprint density at radius 2 is 1.22 bits per heavy atom. The molecule has 0 atom stereocenters. The van der Waals surface area contributed by atoms with Crippen LogP contribution in [0.4, 0.5) is 0 Å². The van der Waals surface area contributed by atoms with Crippen molar-refractivity contribution in [3.63, 3.8) is 0 Å². The summed E-state index contributed by atoms with van der Waals surface area (Å²) in [6.07, 6.45) is 0. The Hall–Kier alpha value is -5.01. The van der Waals surface area contributed by atoms with Crippen molar-refractivity contribution in [2.75, 3.05) is 6.61 Å². The zero-order chi connectivity index (χ0) is 28.4. The van der Waals surface area contributed by atoms with Gasteiger partial charge >= 0.3 is 5.97 Å². The highest BCUT2D eigenvalue weighted by atomic mass is 16.5. The fourth-order valence-electron chi connectivity index (χ4n) is 4.12. The molecule has 4 aromatic carbocycles. The van der Waals surface area contributed by atoms with E-state index in [1.807, 2.05) is 97.1 Å². The summed E-state index contributed by atoms with van der Waals surface area (Å²) in [4.78, 5) is 11.7. The summed E-state index contributed by atoms with van der Waals surface area (Å²) in [5.41, 5.74) is 3.55. The summed E-state index contributed by atoms with van der Waals surface area (Å²) in [6, 6.07) is 34.6. The van der Waals surface area contributed by atoms with E-state index >= 15 is 0 Å². The molecule has 0 radical (unpaired) electrons. The maximum atomic E-state index is 11.7. The number of carbonyl (C=O) groups is 1. The van der Waals surface area contributed by atoms with E-state index in [0.717, 1.165) is 33.2 Å². The molecule has 0 aliphatic carbocycles. The van der Waals surface area contributed by atoms with Crippen LogP contribution in [-0.2, 0) is 24.6 Å². The standard InChI is InChI=1S/C18H16O4.C16H14O3/c1-2-20-18(19)17-10-14-8-9-15(11-16(14)22-17)21-12-13-6-4-3-5-7-13;17-10-15-8-13-6-7-14(9-16(13)19-15)18-11-12-4-2-1-3-5-12/h3-11H,2,12H2,1H3;1-9,17H,10-11H2. The number of aliphatic hydroxyl groups is 1. The number of ether oxygens (including phenoxy) is 3. The predicted molar refractivity (Wildman–Crippen MR) is 156 cm³/mol. The molecule has 0 saturated carbocycles. The van der Waals surface area contributed by atoms with E-state index in [2.05, 4.69) is 0 Å². The molecule has 0 fully saturated rings. The van der Waals surface area contributed by atoms with Crippen LogP contribution in [0.15, 0.2) is 118 Å². The minimum Gasteiger partial charge on any atom is -0.489 e. The Kier molecular flexibility index (Phi) is 8.98. The lowest BCUT2D eigenvalue weighted by Crippen LogP contribution is -2.02. The third-order valence-electron chi connectivity index (χ3n) is 6.16. The van der Waals surface area contributed by atoms with Crippen LogP contribution in [0, 0.1) is 0 Å². The molecule has 208 valence electrons. The van der Waals surface area contributed by atoms with Gasteiger partial charge in [-0.15, -0.1) is 0 Å². The van der Waals surface area contributed by atoms with Gasteiger partial charge in [0, 0.05) is 22.9 Å². The van der Waals surface area contributed by atoms with Crippen molar-refractivity contribution < 1.29 is 32.9 Å². The lowest BCUT2D eigenvalue weighted by atomic mass is 10.2. The first-order chi connectivity index (χ1) is 20.1. The molecule has 0 aliphatic heterocycles. The number of carbonyl (C=O) groups excluding carboxylic acids is 1. The molecule has 0 amide bonds. The van der Waals surface area contributed by atoms with Crippen LogP contribution in [-0.4, -0.2) is 17.7 Å². The van der Waals surface area contributed by atoms with Gasteiger partial charge in [0.05, 0.1) is 6.61 Å². The van der Waals surface area contributed by atoms with Crippen LogP contribution in [0.1, 0.15) is 34.4 Å². The number of esters is 1. The second-order valence-electron chi connectivity index (χ2n) is 9.15. The van der Waals surface area contributed by atoms with Crippen molar-refractivity contribution in [2.45, 2.75) is 26.7 Å². The zero-order valence-electron chi connectivity index (χ0n) is 22.6. The number of hydrogen-bond acceptors (Lipinski definition) is 7. The summed E-state index contributed by atoms with van der Waals surface area (Å²) in [5, 5.41) is 10.8. The highest BCUT2D eigenvalue weighted by Gasteiger charge is 2.13. The van der Waals surface area contributed by atoms with Gasteiger partial charge in [-0.25, -0.2) is 4.79 Å². The molecule has 0 saturated heterocycles. The highest BCUT2D eigenvalue weighted by Crippen LogP contribution is 2.26. The maximum Gasteiger partial charge on any atom is 0.374 e. The summed E-state index contributed by atoms with van der Waals surface area (Å²) in [7, 11) is 0. The number of benzene rings is 4.